The third-order valence-electron chi connectivity index (χ3n) is 6.84. The van der Waals surface area contributed by atoms with Gasteiger partial charge in [0.2, 0.25) is 0 Å². The first kappa shape index (κ1) is 35.8. The number of nitrogens with two attached hydrogens (primary N) is 1. The maximum Gasteiger partial charge on any atom is 0.472 e. The lowest BCUT2D eigenvalue weighted by atomic mass is 9.94. The SMILES string of the molecule is CCCCCCCCCCCCCCOc1ccc(CC(COP(=O)(O)OCCCN)CC(=O)CCC)cc1. The molecule has 0 amide bonds. The molecule has 1 aromatic rings. The fraction of sp³-hybridized carbons (Fsp3) is 0.774. The first-order valence-electron chi connectivity index (χ1n) is 15.5. The number of hydrogen-bond donors (Lipinski definition) is 2. The van der Waals surface area contributed by atoms with E-state index in [2.05, 4.69) is 6.92 Å². The Morgan fingerprint density at radius 1 is 0.821 bits per heavy atom. The van der Waals surface area contributed by atoms with Crippen molar-refractivity contribution >= 4 is 13.6 Å². The minimum Gasteiger partial charge on any atom is -0.494 e. The van der Waals surface area contributed by atoms with Gasteiger partial charge in [0.15, 0.2) is 0 Å². The summed E-state index contributed by atoms with van der Waals surface area (Å²) in [6.45, 7) is 5.35. The Hall–Kier alpha value is -1.24. The molecule has 2 unspecified atom stereocenters. The van der Waals surface area contributed by atoms with Gasteiger partial charge in [-0.3, -0.25) is 13.8 Å². The molecule has 39 heavy (non-hydrogen) atoms. The quantitative estimate of drug-likeness (QED) is 0.0812. The van der Waals surface area contributed by atoms with E-state index in [1.165, 1.54) is 70.6 Å². The minimum atomic E-state index is -4.17. The molecule has 0 spiro atoms. The second-order valence-electron chi connectivity index (χ2n) is 10.7. The van der Waals surface area contributed by atoms with Crippen LogP contribution in [0, 0.1) is 5.92 Å². The molecule has 0 radical (unpaired) electrons. The van der Waals surface area contributed by atoms with Crippen molar-refractivity contribution in [3.05, 3.63) is 29.8 Å². The highest BCUT2D eigenvalue weighted by molar-refractivity contribution is 7.47. The third-order valence-corrected chi connectivity index (χ3v) is 7.82. The van der Waals surface area contributed by atoms with E-state index in [9.17, 15) is 14.3 Å². The van der Waals surface area contributed by atoms with Gasteiger partial charge in [-0.1, -0.05) is 96.6 Å². The lowest BCUT2D eigenvalue weighted by Crippen LogP contribution is -2.17. The lowest BCUT2D eigenvalue weighted by molar-refractivity contribution is -0.120. The van der Waals surface area contributed by atoms with E-state index >= 15 is 0 Å². The highest BCUT2D eigenvalue weighted by atomic mass is 31.2. The average Bonchev–Trinajstić information content (AvgIpc) is 2.91. The van der Waals surface area contributed by atoms with Crippen LogP contribution in [0.3, 0.4) is 0 Å². The molecule has 0 aliphatic carbocycles. The molecule has 226 valence electrons. The maximum absolute atomic E-state index is 12.3. The number of carbonyl (C=O) groups excluding carboxylic acids is 1. The summed E-state index contributed by atoms with van der Waals surface area (Å²) in [6, 6.07) is 7.89. The zero-order chi connectivity index (χ0) is 28.6. The number of phosphoric acid groups is 1. The molecular formula is C31H56NO6P. The van der Waals surface area contributed by atoms with E-state index in [4.69, 9.17) is 19.5 Å². The Labute approximate surface area is 238 Å². The zero-order valence-electron chi connectivity index (χ0n) is 24.7. The number of ketones is 1. The topological polar surface area (TPSA) is 108 Å². The van der Waals surface area contributed by atoms with Crippen molar-refractivity contribution in [1.29, 1.82) is 0 Å². The molecule has 0 saturated carbocycles. The molecule has 8 heteroatoms. The monoisotopic (exact) mass is 569 g/mol. The number of phosphoric ester groups is 1. The van der Waals surface area contributed by atoms with Gasteiger partial charge in [0.1, 0.15) is 11.5 Å². The van der Waals surface area contributed by atoms with E-state index in [0.717, 1.165) is 24.2 Å². The normalized spacial score (nSPS) is 13.7. The number of hydrogen-bond acceptors (Lipinski definition) is 6. The Morgan fingerprint density at radius 2 is 1.41 bits per heavy atom. The average molecular weight is 570 g/mol. The van der Waals surface area contributed by atoms with E-state index in [0.29, 0.717) is 38.8 Å². The van der Waals surface area contributed by atoms with Crippen LogP contribution in [0.1, 0.15) is 122 Å². The molecule has 1 aromatic carbocycles. The second-order valence-corrected chi connectivity index (χ2v) is 12.1. The van der Waals surface area contributed by atoms with Crippen molar-refractivity contribution in [2.24, 2.45) is 11.7 Å². The van der Waals surface area contributed by atoms with Crippen LogP contribution >= 0.6 is 7.82 Å². The standard InChI is InChI=1S/C31H56NO6P/c1-3-5-6-7-8-9-10-11-12-13-14-15-23-36-31-20-18-28(19-21-31)25-29(26-30(33)17-4-2)27-38-39(34,35)37-24-16-22-32/h18-21,29H,3-17,22-27,32H2,1-2H3,(H,34,35). The molecule has 0 aliphatic rings. The van der Waals surface area contributed by atoms with Crippen LogP contribution in [-0.4, -0.2) is 37.0 Å². The Kier molecular flexibility index (Phi) is 21.5. The molecule has 0 bridgehead atoms. The fourth-order valence-corrected chi connectivity index (χ4v) is 5.41. The zero-order valence-corrected chi connectivity index (χ0v) is 25.6. The molecule has 0 fully saturated rings. The summed E-state index contributed by atoms with van der Waals surface area (Å²) in [7, 11) is -4.17. The smallest absolute Gasteiger partial charge is 0.472 e. The fourth-order valence-electron chi connectivity index (χ4n) is 4.58. The van der Waals surface area contributed by atoms with E-state index in [1.807, 2.05) is 31.2 Å². The van der Waals surface area contributed by atoms with Crippen molar-refractivity contribution in [3.8, 4) is 5.75 Å². The van der Waals surface area contributed by atoms with Crippen LogP contribution < -0.4 is 10.5 Å². The summed E-state index contributed by atoms with van der Waals surface area (Å²) >= 11 is 0. The third kappa shape index (κ3) is 20.3. The summed E-state index contributed by atoms with van der Waals surface area (Å²) < 4.78 is 28.2. The number of carbonyl (C=O) groups is 1. The molecule has 0 aromatic heterocycles. The minimum absolute atomic E-state index is 0.0247. The highest BCUT2D eigenvalue weighted by Gasteiger charge is 2.24. The summed E-state index contributed by atoms with van der Waals surface area (Å²) in [5, 5.41) is 0. The van der Waals surface area contributed by atoms with Crippen LogP contribution in [0.15, 0.2) is 24.3 Å². The number of benzene rings is 1. The molecule has 0 heterocycles. The summed E-state index contributed by atoms with van der Waals surface area (Å²) in [5.74, 6) is 0.755. The second kappa shape index (κ2) is 23.5. The molecule has 1 rings (SSSR count). The first-order valence-corrected chi connectivity index (χ1v) is 16.9. The van der Waals surface area contributed by atoms with Crippen LogP contribution in [-0.2, 0) is 24.8 Å². The highest BCUT2D eigenvalue weighted by Crippen LogP contribution is 2.44. The Morgan fingerprint density at radius 3 is 1.97 bits per heavy atom. The number of rotatable bonds is 27. The van der Waals surface area contributed by atoms with Gasteiger partial charge in [0, 0.05) is 12.8 Å². The molecule has 2 atom stereocenters. The van der Waals surface area contributed by atoms with Crippen LogP contribution in [0.5, 0.6) is 5.75 Å². The molecule has 7 nitrogen and oxygen atoms in total. The van der Waals surface area contributed by atoms with Gasteiger partial charge in [-0.05, 0) is 55.8 Å². The van der Waals surface area contributed by atoms with E-state index in [-0.39, 0.29) is 24.9 Å². The van der Waals surface area contributed by atoms with Gasteiger partial charge in [0.25, 0.3) is 0 Å². The maximum atomic E-state index is 12.3. The lowest BCUT2D eigenvalue weighted by Gasteiger charge is -2.19. The summed E-state index contributed by atoms with van der Waals surface area (Å²) in [5.41, 5.74) is 6.43. The van der Waals surface area contributed by atoms with Crippen molar-refractivity contribution in [2.45, 2.75) is 123 Å². The summed E-state index contributed by atoms with van der Waals surface area (Å²) in [6.07, 6.45) is 18.5. The predicted molar refractivity (Wildman–Crippen MR) is 160 cm³/mol. The molecule has 0 saturated heterocycles. The van der Waals surface area contributed by atoms with Crippen molar-refractivity contribution < 1.29 is 28.0 Å². The van der Waals surface area contributed by atoms with Crippen LogP contribution in [0.2, 0.25) is 0 Å². The molecular weight excluding hydrogens is 513 g/mol. The van der Waals surface area contributed by atoms with Gasteiger partial charge < -0.3 is 15.4 Å². The number of unbranched alkanes of at least 4 members (excludes halogenated alkanes) is 11. The van der Waals surface area contributed by atoms with Gasteiger partial charge in [-0.2, -0.15) is 0 Å². The number of ether oxygens (including phenoxy) is 1. The number of Topliss-reactive ketones (excluding diaryl/α,β-unsaturated/α-hetero) is 1. The Balaban J connectivity index is 2.33. The van der Waals surface area contributed by atoms with E-state index in [1.54, 1.807) is 0 Å². The van der Waals surface area contributed by atoms with Crippen molar-refractivity contribution in [1.82, 2.24) is 0 Å². The van der Waals surface area contributed by atoms with Gasteiger partial charge in [0.05, 0.1) is 19.8 Å². The van der Waals surface area contributed by atoms with Gasteiger partial charge in [-0.15, -0.1) is 0 Å². The van der Waals surface area contributed by atoms with Gasteiger partial charge in [-0.25, -0.2) is 4.57 Å². The van der Waals surface area contributed by atoms with Gasteiger partial charge >= 0.3 is 7.82 Å². The van der Waals surface area contributed by atoms with Crippen molar-refractivity contribution in [2.75, 3.05) is 26.4 Å². The largest absolute Gasteiger partial charge is 0.494 e. The molecule has 3 N–H and O–H groups in total. The Bertz CT molecular complexity index is 773. The van der Waals surface area contributed by atoms with E-state index < -0.39 is 7.82 Å². The molecule has 0 aliphatic heterocycles. The van der Waals surface area contributed by atoms with Crippen LogP contribution in [0.4, 0.5) is 0 Å². The summed E-state index contributed by atoms with van der Waals surface area (Å²) in [4.78, 5) is 22.2. The van der Waals surface area contributed by atoms with Crippen molar-refractivity contribution in [3.63, 3.8) is 0 Å². The van der Waals surface area contributed by atoms with Crippen LogP contribution in [0.25, 0.3) is 0 Å². The predicted octanol–water partition coefficient (Wildman–Crippen LogP) is 8.17. The first-order chi connectivity index (χ1) is 18.9.